The molecule has 17 heavy (non-hydrogen) atoms. The number of likely N-dealkylation sites (N-methyl/N-ethyl adjacent to an activating group) is 1. The fourth-order valence-electron chi connectivity index (χ4n) is 2.04. The Bertz CT molecular complexity index is 258. The van der Waals surface area contributed by atoms with E-state index in [1.165, 1.54) is 0 Å². The third-order valence-electron chi connectivity index (χ3n) is 2.58. The van der Waals surface area contributed by atoms with E-state index >= 15 is 0 Å². The van der Waals surface area contributed by atoms with E-state index in [-0.39, 0.29) is 18.2 Å². The highest BCUT2D eigenvalue weighted by molar-refractivity contribution is 5.70. The Morgan fingerprint density at radius 1 is 1.29 bits per heavy atom. The topological polar surface area (TPSA) is 38.8 Å². The van der Waals surface area contributed by atoms with E-state index in [2.05, 4.69) is 4.90 Å². The molecule has 4 heteroatoms. The monoisotopic (exact) mass is 243 g/mol. The van der Waals surface area contributed by atoms with E-state index in [4.69, 9.17) is 9.47 Å². The second-order valence-corrected chi connectivity index (χ2v) is 6.01. The summed E-state index contributed by atoms with van der Waals surface area (Å²) in [5.41, 5.74) is -0.404. The first-order valence-electron chi connectivity index (χ1n) is 6.28. The smallest absolute Gasteiger partial charge is 0.308 e. The van der Waals surface area contributed by atoms with Crippen LogP contribution < -0.4 is 0 Å². The number of carbonyl (C=O) groups excluding carboxylic acids is 1. The first-order valence-corrected chi connectivity index (χ1v) is 6.28. The molecule has 2 atom stereocenters. The van der Waals surface area contributed by atoms with E-state index in [0.29, 0.717) is 6.42 Å². The van der Waals surface area contributed by atoms with Gasteiger partial charge in [0.05, 0.1) is 18.6 Å². The lowest BCUT2D eigenvalue weighted by Gasteiger charge is -2.21. The second kappa shape index (κ2) is 5.83. The van der Waals surface area contributed by atoms with E-state index in [0.717, 1.165) is 19.4 Å². The molecule has 0 aromatic heterocycles. The van der Waals surface area contributed by atoms with Gasteiger partial charge in [0.2, 0.25) is 0 Å². The number of nitrogens with zero attached hydrogens (tertiary/aromatic N) is 1. The molecular weight excluding hydrogens is 218 g/mol. The molecule has 1 aliphatic rings. The maximum atomic E-state index is 11.6. The van der Waals surface area contributed by atoms with E-state index in [1.807, 2.05) is 34.9 Å². The predicted octanol–water partition coefficient (Wildman–Crippen LogP) is 1.83. The third-order valence-corrected chi connectivity index (χ3v) is 2.58. The van der Waals surface area contributed by atoms with E-state index in [9.17, 15) is 4.79 Å². The van der Waals surface area contributed by atoms with E-state index in [1.54, 1.807) is 0 Å². The number of esters is 1. The van der Waals surface area contributed by atoms with Crippen LogP contribution in [0.3, 0.4) is 0 Å². The summed E-state index contributed by atoms with van der Waals surface area (Å²) in [4.78, 5) is 13.7. The van der Waals surface area contributed by atoms with Crippen molar-refractivity contribution in [3.63, 3.8) is 0 Å². The standard InChI is InChI=1S/C13H25NO3/c1-13(2,3)17-12(15)8-10-6-7-11(16-10)9-14(4)5/h10-11H,6-9H2,1-5H3/t10-,11+/m1/s1. The minimum Gasteiger partial charge on any atom is -0.460 e. The number of ether oxygens (including phenoxy) is 2. The van der Waals surface area contributed by atoms with Gasteiger partial charge in [0.25, 0.3) is 0 Å². The minimum atomic E-state index is -0.404. The van der Waals surface area contributed by atoms with Crippen molar-refractivity contribution in [3.05, 3.63) is 0 Å². The number of hydrogen-bond acceptors (Lipinski definition) is 4. The summed E-state index contributed by atoms with van der Waals surface area (Å²) in [5.74, 6) is -0.159. The molecule has 0 saturated carbocycles. The van der Waals surface area contributed by atoms with Crippen LogP contribution in [0.25, 0.3) is 0 Å². The zero-order chi connectivity index (χ0) is 13.1. The first kappa shape index (κ1) is 14.5. The Kier molecular flexibility index (Phi) is 4.95. The average molecular weight is 243 g/mol. The van der Waals surface area contributed by atoms with Gasteiger partial charge in [-0.2, -0.15) is 0 Å². The molecule has 0 N–H and O–H groups in total. The van der Waals surface area contributed by atoms with Gasteiger partial charge in [-0.1, -0.05) is 0 Å². The Labute approximate surface area is 104 Å². The summed E-state index contributed by atoms with van der Waals surface area (Å²) in [6, 6.07) is 0. The molecule has 4 nitrogen and oxygen atoms in total. The van der Waals surface area contributed by atoms with Gasteiger partial charge in [-0.05, 0) is 47.7 Å². The molecule has 0 unspecified atom stereocenters. The van der Waals surface area contributed by atoms with Crippen LogP contribution in [0.1, 0.15) is 40.0 Å². The van der Waals surface area contributed by atoms with Gasteiger partial charge in [0, 0.05) is 6.54 Å². The third kappa shape index (κ3) is 6.03. The molecule has 0 aromatic carbocycles. The summed E-state index contributed by atoms with van der Waals surface area (Å²) in [6.45, 7) is 6.57. The number of rotatable bonds is 4. The summed E-state index contributed by atoms with van der Waals surface area (Å²) in [5, 5.41) is 0. The van der Waals surface area contributed by atoms with Gasteiger partial charge in [-0.25, -0.2) is 0 Å². The van der Waals surface area contributed by atoms with Crippen molar-refractivity contribution >= 4 is 5.97 Å². The van der Waals surface area contributed by atoms with Crippen LogP contribution in [0.5, 0.6) is 0 Å². The Hall–Kier alpha value is -0.610. The van der Waals surface area contributed by atoms with Crippen LogP contribution in [0.15, 0.2) is 0 Å². The maximum absolute atomic E-state index is 11.6. The van der Waals surface area contributed by atoms with Crippen molar-refractivity contribution in [1.29, 1.82) is 0 Å². The quantitative estimate of drug-likeness (QED) is 0.706. The fourth-order valence-corrected chi connectivity index (χ4v) is 2.04. The van der Waals surface area contributed by atoms with Crippen LogP contribution in [-0.4, -0.2) is 49.3 Å². The minimum absolute atomic E-state index is 0.0369. The molecule has 1 rings (SSSR count). The van der Waals surface area contributed by atoms with Crippen molar-refractivity contribution in [2.75, 3.05) is 20.6 Å². The molecule has 0 radical (unpaired) electrons. The molecular formula is C13H25NO3. The lowest BCUT2D eigenvalue weighted by molar-refractivity contribution is -0.157. The molecule has 0 spiro atoms. The van der Waals surface area contributed by atoms with Gasteiger partial charge < -0.3 is 14.4 Å². The van der Waals surface area contributed by atoms with Crippen molar-refractivity contribution in [2.24, 2.45) is 0 Å². The molecule has 1 aliphatic heterocycles. The highest BCUT2D eigenvalue weighted by Crippen LogP contribution is 2.23. The molecule has 100 valence electrons. The summed E-state index contributed by atoms with van der Waals surface area (Å²) < 4.78 is 11.1. The lowest BCUT2D eigenvalue weighted by Crippen LogP contribution is -2.28. The maximum Gasteiger partial charge on any atom is 0.308 e. The largest absolute Gasteiger partial charge is 0.460 e. The molecule has 0 aromatic rings. The highest BCUT2D eigenvalue weighted by atomic mass is 16.6. The van der Waals surface area contributed by atoms with Crippen LogP contribution in [0.4, 0.5) is 0 Å². The summed E-state index contributed by atoms with van der Waals surface area (Å²) in [7, 11) is 4.06. The molecule has 1 fully saturated rings. The lowest BCUT2D eigenvalue weighted by atomic mass is 10.1. The van der Waals surface area contributed by atoms with Crippen LogP contribution in [0.2, 0.25) is 0 Å². The van der Waals surface area contributed by atoms with Gasteiger partial charge >= 0.3 is 5.97 Å². The Balaban J connectivity index is 2.28. The van der Waals surface area contributed by atoms with Crippen LogP contribution >= 0.6 is 0 Å². The molecule has 0 amide bonds. The van der Waals surface area contributed by atoms with E-state index < -0.39 is 5.60 Å². The zero-order valence-corrected chi connectivity index (χ0v) is 11.7. The first-order chi connectivity index (χ1) is 7.76. The van der Waals surface area contributed by atoms with Crippen molar-refractivity contribution in [2.45, 2.75) is 57.8 Å². The van der Waals surface area contributed by atoms with Crippen LogP contribution in [0, 0.1) is 0 Å². The van der Waals surface area contributed by atoms with Gasteiger partial charge in [0.1, 0.15) is 5.60 Å². The molecule has 1 saturated heterocycles. The Morgan fingerprint density at radius 2 is 1.88 bits per heavy atom. The SMILES string of the molecule is CN(C)C[C@@H]1CC[C@H](CC(=O)OC(C)(C)C)O1. The van der Waals surface area contributed by atoms with Crippen molar-refractivity contribution in [3.8, 4) is 0 Å². The van der Waals surface area contributed by atoms with Gasteiger partial charge in [0.15, 0.2) is 0 Å². The zero-order valence-electron chi connectivity index (χ0n) is 11.7. The second-order valence-electron chi connectivity index (χ2n) is 6.01. The summed E-state index contributed by atoms with van der Waals surface area (Å²) >= 11 is 0. The van der Waals surface area contributed by atoms with Crippen molar-refractivity contribution < 1.29 is 14.3 Å². The van der Waals surface area contributed by atoms with Crippen molar-refractivity contribution in [1.82, 2.24) is 4.90 Å². The average Bonchev–Trinajstić information content (AvgIpc) is 2.46. The fraction of sp³-hybridized carbons (Fsp3) is 0.923. The molecule has 0 bridgehead atoms. The number of hydrogen-bond donors (Lipinski definition) is 0. The molecule has 1 heterocycles. The normalized spacial score (nSPS) is 25.3. The van der Waals surface area contributed by atoms with Gasteiger partial charge in [-0.15, -0.1) is 0 Å². The number of carbonyl (C=O) groups is 1. The Morgan fingerprint density at radius 3 is 2.41 bits per heavy atom. The predicted molar refractivity (Wildman–Crippen MR) is 66.9 cm³/mol. The summed E-state index contributed by atoms with van der Waals surface area (Å²) in [6.07, 6.45) is 2.66. The van der Waals surface area contributed by atoms with Gasteiger partial charge in [-0.3, -0.25) is 4.79 Å². The molecule has 0 aliphatic carbocycles. The van der Waals surface area contributed by atoms with Crippen LogP contribution in [-0.2, 0) is 14.3 Å². The highest BCUT2D eigenvalue weighted by Gasteiger charge is 2.29.